The molecule has 0 fully saturated rings. The van der Waals surface area contributed by atoms with Gasteiger partial charge in [-0.05, 0) is 68.4 Å². The lowest BCUT2D eigenvalue weighted by molar-refractivity contribution is 0.965. The molecule has 3 heteroatoms. The molecule has 0 saturated carbocycles. The molecule has 4 rings (SSSR count). The molecule has 138 valence electrons. The van der Waals surface area contributed by atoms with Crippen molar-refractivity contribution in [1.82, 2.24) is 4.57 Å². The lowest BCUT2D eigenvalue weighted by Gasteiger charge is -2.09. The van der Waals surface area contributed by atoms with Crippen LogP contribution in [0.25, 0.3) is 5.69 Å². The standard InChI is InChI=1S/C25H23N3/c1-19-17-21(20(2)28(19)25-11-7-4-8-12-25)18-26-22-13-15-24(16-14-22)27-23-9-5-3-6-10-23/h3-18,27H,1-2H3. The van der Waals surface area contributed by atoms with E-state index in [1.807, 2.05) is 54.7 Å². The fourth-order valence-corrected chi connectivity index (χ4v) is 3.36. The van der Waals surface area contributed by atoms with Crippen LogP contribution in [0.15, 0.2) is 96.0 Å². The number of aliphatic imine (C=N–C) groups is 1. The molecule has 0 aliphatic rings. The molecule has 0 amide bonds. The fourth-order valence-electron chi connectivity index (χ4n) is 3.36. The number of aromatic nitrogens is 1. The van der Waals surface area contributed by atoms with Crippen molar-refractivity contribution in [3.05, 3.63) is 108 Å². The highest BCUT2D eigenvalue weighted by molar-refractivity contribution is 5.84. The molecule has 1 heterocycles. The van der Waals surface area contributed by atoms with Crippen LogP contribution in [0.2, 0.25) is 0 Å². The van der Waals surface area contributed by atoms with E-state index in [4.69, 9.17) is 0 Å². The van der Waals surface area contributed by atoms with Gasteiger partial charge in [0.2, 0.25) is 0 Å². The predicted octanol–water partition coefficient (Wildman–Crippen LogP) is 6.59. The lowest BCUT2D eigenvalue weighted by Crippen LogP contribution is -1.98. The van der Waals surface area contributed by atoms with Gasteiger partial charge in [0.15, 0.2) is 0 Å². The van der Waals surface area contributed by atoms with Gasteiger partial charge in [-0.25, -0.2) is 0 Å². The fraction of sp³-hybridized carbons (Fsp3) is 0.0800. The van der Waals surface area contributed by atoms with Crippen molar-refractivity contribution in [2.75, 3.05) is 5.32 Å². The number of benzene rings is 3. The summed E-state index contributed by atoms with van der Waals surface area (Å²) in [6, 6.07) is 30.9. The Kier molecular flexibility index (Phi) is 5.07. The maximum absolute atomic E-state index is 4.67. The van der Waals surface area contributed by atoms with E-state index in [1.54, 1.807) is 0 Å². The van der Waals surface area contributed by atoms with Crippen LogP contribution in [0.5, 0.6) is 0 Å². The van der Waals surface area contributed by atoms with Crippen LogP contribution < -0.4 is 5.32 Å². The summed E-state index contributed by atoms with van der Waals surface area (Å²) < 4.78 is 2.26. The van der Waals surface area contributed by atoms with Crippen molar-refractivity contribution >= 4 is 23.3 Å². The van der Waals surface area contributed by atoms with E-state index in [2.05, 4.69) is 71.2 Å². The smallest absolute Gasteiger partial charge is 0.0631 e. The maximum Gasteiger partial charge on any atom is 0.0631 e. The summed E-state index contributed by atoms with van der Waals surface area (Å²) in [5.74, 6) is 0. The minimum Gasteiger partial charge on any atom is -0.356 e. The number of nitrogens with zero attached hydrogens (tertiary/aromatic N) is 2. The van der Waals surface area contributed by atoms with E-state index < -0.39 is 0 Å². The number of nitrogens with one attached hydrogen (secondary N) is 1. The summed E-state index contributed by atoms with van der Waals surface area (Å²) in [5.41, 5.74) is 7.76. The SMILES string of the molecule is Cc1cc(C=Nc2ccc(Nc3ccccc3)cc2)c(C)n1-c1ccccc1. The number of hydrogen-bond donors (Lipinski definition) is 1. The van der Waals surface area contributed by atoms with Crippen LogP contribution in [0.3, 0.4) is 0 Å². The van der Waals surface area contributed by atoms with E-state index in [0.717, 1.165) is 22.6 Å². The summed E-state index contributed by atoms with van der Waals surface area (Å²) >= 11 is 0. The lowest BCUT2D eigenvalue weighted by atomic mass is 10.2. The van der Waals surface area contributed by atoms with Gasteiger partial charge in [-0.2, -0.15) is 0 Å². The Hall–Kier alpha value is -3.59. The van der Waals surface area contributed by atoms with Gasteiger partial charge in [-0.3, -0.25) is 4.99 Å². The highest BCUT2D eigenvalue weighted by atomic mass is 15.0. The van der Waals surface area contributed by atoms with Crippen molar-refractivity contribution in [3.63, 3.8) is 0 Å². The average Bonchev–Trinajstić information content (AvgIpc) is 3.02. The zero-order valence-electron chi connectivity index (χ0n) is 16.1. The Bertz CT molecular complexity index is 1080. The first-order chi connectivity index (χ1) is 13.7. The van der Waals surface area contributed by atoms with Crippen LogP contribution in [0.1, 0.15) is 17.0 Å². The van der Waals surface area contributed by atoms with Gasteiger partial charge >= 0.3 is 0 Å². The Morgan fingerprint density at radius 2 is 1.36 bits per heavy atom. The first-order valence-corrected chi connectivity index (χ1v) is 9.41. The third kappa shape index (κ3) is 3.89. The number of anilines is 2. The molecule has 0 radical (unpaired) electrons. The highest BCUT2D eigenvalue weighted by Crippen LogP contribution is 2.22. The largest absolute Gasteiger partial charge is 0.356 e. The Labute approximate surface area is 166 Å². The van der Waals surface area contributed by atoms with Crippen molar-refractivity contribution in [2.24, 2.45) is 4.99 Å². The Balaban J connectivity index is 1.52. The van der Waals surface area contributed by atoms with E-state index in [9.17, 15) is 0 Å². The van der Waals surface area contributed by atoms with Crippen molar-refractivity contribution in [2.45, 2.75) is 13.8 Å². The van der Waals surface area contributed by atoms with Gasteiger partial charge in [0, 0.05) is 40.2 Å². The average molecular weight is 365 g/mol. The summed E-state index contributed by atoms with van der Waals surface area (Å²) in [4.78, 5) is 4.67. The normalized spacial score (nSPS) is 11.1. The zero-order valence-corrected chi connectivity index (χ0v) is 16.1. The van der Waals surface area contributed by atoms with Gasteiger partial charge in [0.1, 0.15) is 0 Å². The molecule has 28 heavy (non-hydrogen) atoms. The monoisotopic (exact) mass is 365 g/mol. The summed E-state index contributed by atoms with van der Waals surface area (Å²) in [6.45, 7) is 4.26. The molecule has 0 bridgehead atoms. The number of rotatable bonds is 5. The highest BCUT2D eigenvalue weighted by Gasteiger charge is 2.08. The molecule has 0 spiro atoms. The summed E-state index contributed by atoms with van der Waals surface area (Å²) in [7, 11) is 0. The molecule has 1 N–H and O–H groups in total. The zero-order chi connectivity index (χ0) is 19.3. The first-order valence-electron chi connectivity index (χ1n) is 9.41. The Morgan fingerprint density at radius 3 is 2.04 bits per heavy atom. The van der Waals surface area contributed by atoms with Gasteiger partial charge in [-0.1, -0.05) is 36.4 Å². The van der Waals surface area contributed by atoms with Gasteiger partial charge < -0.3 is 9.88 Å². The molecule has 3 aromatic carbocycles. The van der Waals surface area contributed by atoms with Gasteiger partial charge in [0.25, 0.3) is 0 Å². The Morgan fingerprint density at radius 1 is 0.750 bits per heavy atom. The molecular weight excluding hydrogens is 342 g/mol. The number of aryl methyl sites for hydroxylation is 1. The minimum atomic E-state index is 0.933. The maximum atomic E-state index is 4.67. The molecule has 1 aromatic heterocycles. The van der Waals surface area contributed by atoms with E-state index in [0.29, 0.717) is 0 Å². The molecule has 0 atom stereocenters. The van der Waals surface area contributed by atoms with Crippen LogP contribution in [-0.4, -0.2) is 10.8 Å². The predicted molar refractivity (Wildman–Crippen MR) is 119 cm³/mol. The van der Waals surface area contributed by atoms with Gasteiger partial charge in [-0.15, -0.1) is 0 Å². The molecule has 0 unspecified atom stereocenters. The second kappa shape index (κ2) is 7.97. The van der Waals surface area contributed by atoms with E-state index in [1.165, 1.54) is 17.1 Å². The molecule has 0 aliphatic heterocycles. The molecular formula is C25H23N3. The number of hydrogen-bond acceptors (Lipinski definition) is 2. The van der Waals surface area contributed by atoms with E-state index in [-0.39, 0.29) is 0 Å². The third-order valence-electron chi connectivity index (χ3n) is 4.77. The van der Waals surface area contributed by atoms with Crippen LogP contribution in [0.4, 0.5) is 17.1 Å². The molecule has 0 aliphatic carbocycles. The first kappa shape index (κ1) is 17.8. The van der Waals surface area contributed by atoms with Gasteiger partial charge in [0.05, 0.1) is 5.69 Å². The summed E-state index contributed by atoms with van der Waals surface area (Å²) in [6.07, 6.45) is 1.95. The second-order valence-electron chi connectivity index (χ2n) is 6.79. The third-order valence-corrected chi connectivity index (χ3v) is 4.77. The van der Waals surface area contributed by atoms with Crippen LogP contribution in [0, 0.1) is 13.8 Å². The molecule has 4 aromatic rings. The second-order valence-corrected chi connectivity index (χ2v) is 6.79. The molecule has 0 saturated heterocycles. The van der Waals surface area contributed by atoms with E-state index >= 15 is 0 Å². The van der Waals surface area contributed by atoms with Crippen LogP contribution in [-0.2, 0) is 0 Å². The molecule has 3 nitrogen and oxygen atoms in total. The topological polar surface area (TPSA) is 29.3 Å². The minimum absolute atomic E-state index is 0.933. The van der Waals surface area contributed by atoms with Crippen molar-refractivity contribution < 1.29 is 0 Å². The van der Waals surface area contributed by atoms with Crippen molar-refractivity contribution in [3.8, 4) is 5.69 Å². The van der Waals surface area contributed by atoms with Crippen LogP contribution >= 0.6 is 0 Å². The quantitative estimate of drug-likeness (QED) is 0.397. The number of para-hydroxylation sites is 2. The van der Waals surface area contributed by atoms with Crippen molar-refractivity contribution in [1.29, 1.82) is 0 Å². The summed E-state index contributed by atoms with van der Waals surface area (Å²) in [5, 5.41) is 3.39.